The van der Waals surface area contributed by atoms with Crippen LogP contribution < -0.4 is 5.32 Å². The van der Waals surface area contributed by atoms with Gasteiger partial charge in [0.25, 0.3) is 0 Å². The predicted octanol–water partition coefficient (Wildman–Crippen LogP) is 3.27. The van der Waals surface area contributed by atoms with Crippen molar-refractivity contribution in [3.05, 3.63) is 51.8 Å². The third kappa shape index (κ3) is 2.76. The van der Waals surface area contributed by atoms with E-state index in [1.54, 1.807) is 12.3 Å². The van der Waals surface area contributed by atoms with Crippen molar-refractivity contribution in [2.24, 2.45) is 0 Å². The second kappa shape index (κ2) is 5.34. The Labute approximate surface area is 103 Å². The van der Waals surface area contributed by atoms with E-state index in [4.69, 9.17) is 27.7 Å². The highest BCUT2D eigenvalue weighted by Gasteiger charge is 2.04. The molecule has 0 unspecified atom stereocenters. The number of hydrogen-bond acceptors (Lipinski definition) is 3. The van der Waals surface area contributed by atoms with E-state index in [9.17, 15) is 0 Å². The van der Waals surface area contributed by atoms with Gasteiger partial charge in [-0.15, -0.1) is 0 Å². The first-order chi connectivity index (χ1) is 7.77. The third-order valence-corrected chi connectivity index (χ3v) is 2.87. The Bertz CT molecular complexity index is 437. The van der Waals surface area contributed by atoms with Crippen LogP contribution in [0.1, 0.15) is 11.3 Å². The van der Waals surface area contributed by atoms with Gasteiger partial charge in [-0.05, 0) is 12.1 Å². The van der Waals surface area contributed by atoms with Crippen molar-refractivity contribution >= 4 is 23.2 Å². The first-order valence-corrected chi connectivity index (χ1v) is 5.56. The van der Waals surface area contributed by atoms with E-state index >= 15 is 0 Å². The molecule has 0 bridgehead atoms. The van der Waals surface area contributed by atoms with E-state index in [1.165, 1.54) is 0 Å². The Morgan fingerprint density at radius 1 is 1.12 bits per heavy atom. The van der Waals surface area contributed by atoms with Crippen molar-refractivity contribution in [2.45, 2.75) is 13.1 Å². The van der Waals surface area contributed by atoms with Crippen LogP contribution in [-0.4, -0.2) is 5.16 Å². The lowest BCUT2D eigenvalue weighted by Gasteiger charge is -2.07. The van der Waals surface area contributed by atoms with E-state index in [2.05, 4.69) is 10.5 Å². The maximum atomic E-state index is 6.03. The number of hydrogen-bond donors (Lipinski definition) is 1. The smallest absolute Gasteiger partial charge is 0.124 e. The SMILES string of the molecule is Clc1cccc(Cl)c1CNCc1ccon1. The number of benzene rings is 1. The molecule has 1 N–H and O–H groups in total. The van der Waals surface area contributed by atoms with Crippen LogP contribution in [0.5, 0.6) is 0 Å². The Hall–Kier alpha value is -1.03. The van der Waals surface area contributed by atoms with Crippen LogP contribution in [0.2, 0.25) is 10.0 Å². The molecule has 5 heteroatoms. The predicted molar refractivity (Wildman–Crippen MR) is 63.5 cm³/mol. The van der Waals surface area contributed by atoms with Crippen molar-refractivity contribution in [1.29, 1.82) is 0 Å². The maximum absolute atomic E-state index is 6.03. The summed E-state index contributed by atoms with van der Waals surface area (Å²) in [6.07, 6.45) is 1.54. The molecule has 84 valence electrons. The van der Waals surface area contributed by atoms with Gasteiger partial charge in [0, 0.05) is 34.8 Å². The van der Waals surface area contributed by atoms with E-state index in [0.29, 0.717) is 23.1 Å². The quantitative estimate of drug-likeness (QED) is 0.913. The summed E-state index contributed by atoms with van der Waals surface area (Å²) in [5, 5.41) is 8.32. The summed E-state index contributed by atoms with van der Waals surface area (Å²) >= 11 is 12.1. The zero-order chi connectivity index (χ0) is 11.4. The number of aromatic nitrogens is 1. The van der Waals surface area contributed by atoms with Gasteiger partial charge >= 0.3 is 0 Å². The lowest BCUT2D eigenvalue weighted by Crippen LogP contribution is -2.13. The molecule has 2 rings (SSSR count). The summed E-state index contributed by atoms with van der Waals surface area (Å²) in [5.74, 6) is 0. The van der Waals surface area contributed by atoms with Gasteiger partial charge < -0.3 is 9.84 Å². The first-order valence-electron chi connectivity index (χ1n) is 4.80. The van der Waals surface area contributed by atoms with Crippen LogP contribution in [0.25, 0.3) is 0 Å². The van der Waals surface area contributed by atoms with Crippen molar-refractivity contribution in [1.82, 2.24) is 10.5 Å². The monoisotopic (exact) mass is 256 g/mol. The molecule has 2 aromatic rings. The standard InChI is InChI=1S/C11H10Cl2N2O/c12-10-2-1-3-11(13)9(10)7-14-6-8-4-5-16-15-8/h1-5,14H,6-7H2. The highest BCUT2D eigenvalue weighted by atomic mass is 35.5. The summed E-state index contributed by atoms with van der Waals surface area (Å²) < 4.78 is 4.72. The molecule has 0 radical (unpaired) electrons. The van der Waals surface area contributed by atoms with E-state index in [-0.39, 0.29) is 0 Å². The lowest BCUT2D eigenvalue weighted by molar-refractivity contribution is 0.408. The van der Waals surface area contributed by atoms with Crippen molar-refractivity contribution in [3.8, 4) is 0 Å². The summed E-state index contributed by atoms with van der Waals surface area (Å²) in [7, 11) is 0. The van der Waals surface area contributed by atoms with Gasteiger partial charge in [0.15, 0.2) is 0 Å². The van der Waals surface area contributed by atoms with Crippen molar-refractivity contribution in [2.75, 3.05) is 0 Å². The normalized spacial score (nSPS) is 10.6. The highest BCUT2D eigenvalue weighted by molar-refractivity contribution is 6.35. The second-order valence-corrected chi connectivity index (χ2v) is 4.11. The second-order valence-electron chi connectivity index (χ2n) is 3.29. The topological polar surface area (TPSA) is 38.1 Å². The Morgan fingerprint density at radius 2 is 1.88 bits per heavy atom. The Morgan fingerprint density at radius 3 is 2.50 bits per heavy atom. The molecule has 16 heavy (non-hydrogen) atoms. The van der Waals surface area contributed by atoms with Gasteiger partial charge in [0.05, 0.1) is 5.69 Å². The van der Waals surface area contributed by atoms with Gasteiger partial charge in [0.1, 0.15) is 6.26 Å². The van der Waals surface area contributed by atoms with Crippen LogP contribution in [0, 0.1) is 0 Å². The molecule has 0 fully saturated rings. The van der Waals surface area contributed by atoms with Crippen LogP contribution in [0.3, 0.4) is 0 Å². The fourth-order valence-electron chi connectivity index (χ4n) is 1.35. The molecule has 0 aliphatic carbocycles. The largest absolute Gasteiger partial charge is 0.364 e. The Balaban J connectivity index is 1.95. The average Bonchev–Trinajstić information content (AvgIpc) is 2.75. The van der Waals surface area contributed by atoms with Gasteiger partial charge in [-0.2, -0.15) is 0 Å². The molecule has 0 amide bonds. The molecular weight excluding hydrogens is 247 g/mol. The van der Waals surface area contributed by atoms with Gasteiger partial charge in [-0.25, -0.2) is 0 Å². The van der Waals surface area contributed by atoms with Gasteiger partial charge in [-0.3, -0.25) is 0 Å². The summed E-state index contributed by atoms with van der Waals surface area (Å²) in [6.45, 7) is 1.23. The lowest BCUT2D eigenvalue weighted by atomic mass is 10.2. The molecule has 0 saturated heterocycles. The minimum atomic E-state index is 0.603. The summed E-state index contributed by atoms with van der Waals surface area (Å²) in [4.78, 5) is 0. The molecule has 1 aromatic heterocycles. The summed E-state index contributed by atoms with van der Waals surface area (Å²) in [6, 6.07) is 7.27. The number of nitrogens with one attached hydrogen (secondary N) is 1. The van der Waals surface area contributed by atoms with E-state index < -0.39 is 0 Å². The minimum absolute atomic E-state index is 0.603. The maximum Gasteiger partial charge on any atom is 0.124 e. The average molecular weight is 257 g/mol. The molecule has 0 atom stereocenters. The highest BCUT2D eigenvalue weighted by Crippen LogP contribution is 2.23. The van der Waals surface area contributed by atoms with Crippen molar-refractivity contribution in [3.63, 3.8) is 0 Å². The molecule has 0 spiro atoms. The number of halogens is 2. The van der Waals surface area contributed by atoms with E-state index in [1.807, 2.05) is 18.2 Å². The molecule has 0 saturated carbocycles. The van der Waals surface area contributed by atoms with Gasteiger partial charge in [-0.1, -0.05) is 34.4 Å². The molecular formula is C11H10Cl2N2O. The molecule has 0 aliphatic rings. The minimum Gasteiger partial charge on any atom is -0.364 e. The van der Waals surface area contributed by atoms with Crippen LogP contribution >= 0.6 is 23.2 Å². The molecule has 3 nitrogen and oxygen atoms in total. The van der Waals surface area contributed by atoms with Crippen molar-refractivity contribution < 1.29 is 4.52 Å². The van der Waals surface area contributed by atoms with Crippen LogP contribution in [0.4, 0.5) is 0 Å². The summed E-state index contributed by atoms with van der Waals surface area (Å²) in [5.41, 5.74) is 1.75. The number of nitrogens with zero attached hydrogens (tertiary/aromatic N) is 1. The fourth-order valence-corrected chi connectivity index (χ4v) is 1.88. The van der Waals surface area contributed by atoms with Crippen LogP contribution in [0.15, 0.2) is 35.1 Å². The zero-order valence-electron chi connectivity index (χ0n) is 8.41. The number of rotatable bonds is 4. The third-order valence-electron chi connectivity index (χ3n) is 2.16. The van der Waals surface area contributed by atoms with E-state index in [0.717, 1.165) is 11.3 Å². The van der Waals surface area contributed by atoms with Gasteiger partial charge in [0.2, 0.25) is 0 Å². The Kier molecular flexibility index (Phi) is 3.83. The zero-order valence-corrected chi connectivity index (χ0v) is 9.92. The first kappa shape index (κ1) is 11.5. The molecule has 1 aromatic carbocycles. The van der Waals surface area contributed by atoms with Crippen LogP contribution in [-0.2, 0) is 13.1 Å². The molecule has 1 heterocycles. The fraction of sp³-hybridized carbons (Fsp3) is 0.182. The molecule has 0 aliphatic heterocycles.